The van der Waals surface area contributed by atoms with E-state index in [1.165, 1.54) is 0 Å². The molecular weight excluding hydrogens is 242 g/mol. The first-order valence-electron chi connectivity index (χ1n) is 9.52. The number of hydrogen-bond acceptors (Lipinski definition) is 1. The smallest absolute Gasteiger partial charge is 0.0127 e. The molecule has 6 saturated carbocycles. The highest BCUT2D eigenvalue weighted by Gasteiger charge is 2.49. The summed E-state index contributed by atoms with van der Waals surface area (Å²) in [4.78, 5) is 0. The molecule has 1 N–H and O–H groups in total. The van der Waals surface area contributed by atoms with Gasteiger partial charge in [0.25, 0.3) is 0 Å². The van der Waals surface area contributed by atoms with E-state index in [1.54, 1.807) is 57.8 Å². The lowest BCUT2D eigenvalue weighted by atomic mass is 9.54. The predicted octanol–water partition coefficient (Wildman–Crippen LogP) is 4.23. The Kier molecular flexibility index (Phi) is 2.80. The maximum Gasteiger partial charge on any atom is 0.0127 e. The fourth-order valence-electron chi connectivity index (χ4n) is 7.53. The number of fused-ring (bicyclic) bond motifs is 2. The Morgan fingerprint density at radius 3 is 1.90 bits per heavy atom. The molecule has 4 unspecified atom stereocenters. The molecular formula is C19H31N. The highest BCUT2D eigenvalue weighted by molar-refractivity contribution is 5.03. The van der Waals surface area contributed by atoms with Crippen LogP contribution in [-0.2, 0) is 0 Å². The standard InChI is InChI=1S/C19H31N/c1-11(18-10-12-2-3-15(18)5-12)20-19-16-6-13-4-14(8-16)9-17(19)7-13/h11-20H,2-10H2,1H3. The molecule has 20 heavy (non-hydrogen) atoms. The van der Waals surface area contributed by atoms with Gasteiger partial charge in [0.05, 0.1) is 0 Å². The quantitative estimate of drug-likeness (QED) is 0.811. The van der Waals surface area contributed by atoms with E-state index in [2.05, 4.69) is 12.2 Å². The van der Waals surface area contributed by atoms with Gasteiger partial charge in [0, 0.05) is 12.1 Å². The summed E-state index contributed by atoms with van der Waals surface area (Å²) in [6.45, 7) is 2.52. The molecule has 0 heterocycles. The minimum atomic E-state index is 0.799. The maximum atomic E-state index is 4.19. The molecule has 6 fully saturated rings. The lowest BCUT2D eigenvalue weighted by Crippen LogP contribution is -2.57. The molecule has 0 aliphatic heterocycles. The number of hydrogen-bond donors (Lipinski definition) is 1. The molecule has 6 aliphatic carbocycles. The first kappa shape index (κ1) is 12.5. The van der Waals surface area contributed by atoms with Gasteiger partial charge in [0.2, 0.25) is 0 Å². The van der Waals surface area contributed by atoms with E-state index >= 15 is 0 Å². The van der Waals surface area contributed by atoms with Gasteiger partial charge in [-0.15, -0.1) is 0 Å². The van der Waals surface area contributed by atoms with Crippen LogP contribution in [-0.4, -0.2) is 12.1 Å². The van der Waals surface area contributed by atoms with Gasteiger partial charge in [-0.1, -0.05) is 6.42 Å². The molecule has 0 amide bonds. The van der Waals surface area contributed by atoms with Crippen molar-refractivity contribution in [1.82, 2.24) is 5.32 Å². The third-order valence-corrected chi connectivity index (χ3v) is 8.12. The molecule has 0 aromatic carbocycles. The van der Waals surface area contributed by atoms with Gasteiger partial charge in [-0.3, -0.25) is 0 Å². The van der Waals surface area contributed by atoms with Crippen LogP contribution in [0.3, 0.4) is 0 Å². The molecule has 0 spiro atoms. The third-order valence-electron chi connectivity index (χ3n) is 8.12. The zero-order valence-electron chi connectivity index (χ0n) is 13.1. The van der Waals surface area contributed by atoms with Crippen LogP contribution < -0.4 is 5.32 Å². The van der Waals surface area contributed by atoms with Gasteiger partial charge < -0.3 is 5.32 Å². The summed E-state index contributed by atoms with van der Waals surface area (Å²) in [7, 11) is 0. The molecule has 112 valence electrons. The zero-order valence-corrected chi connectivity index (χ0v) is 13.1. The van der Waals surface area contributed by atoms with Gasteiger partial charge in [0.15, 0.2) is 0 Å². The highest BCUT2D eigenvalue weighted by atomic mass is 15.0. The number of nitrogens with one attached hydrogen (secondary N) is 1. The van der Waals surface area contributed by atoms with E-state index < -0.39 is 0 Å². The van der Waals surface area contributed by atoms with Crippen LogP contribution in [0.15, 0.2) is 0 Å². The minimum absolute atomic E-state index is 0.799. The fraction of sp³-hybridized carbons (Fsp3) is 1.00. The number of rotatable bonds is 3. The normalized spacial score (nSPS) is 57.5. The van der Waals surface area contributed by atoms with Crippen LogP contribution in [0.5, 0.6) is 0 Å². The van der Waals surface area contributed by atoms with Crippen molar-refractivity contribution in [3.8, 4) is 0 Å². The van der Waals surface area contributed by atoms with E-state index in [-0.39, 0.29) is 0 Å². The molecule has 0 saturated heterocycles. The van der Waals surface area contributed by atoms with Crippen molar-refractivity contribution in [1.29, 1.82) is 0 Å². The summed E-state index contributed by atoms with van der Waals surface area (Å²) in [5, 5.41) is 4.19. The van der Waals surface area contributed by atoms with Gasteiger partial charge in [-0.2, -0.15) is 0 Å². The van der Waals surface area contributed by atoms with Crippen molar-refractivity contribution in [3.63, 3.8) is 0 Å². The Balaban J connectivity index is 1.27. The molecule has 1 heteroatoms. The lowest BCUT2D eigenvalue weighted by molar-refractivity contribution is -0.0207. The molecule has 6 bridgehead atoms. The van der Waals surface area contributed by atoms with E-state index in [4.69, 9.17) is 0 Å². The highest BCUT2D eigenvalue weighted by Crippen LogP contribution is 2.54. The van der Waals surface area contributed by atoms with Crippen molar-refractivity contribution in [3.05, 3.63) is 0 Å². The summed E-state index contributed by atoms with van der Waals surface area (Å²) in [5.41, 5.74) is 0. The average Bonchev–Trinajstić information content (AvgIpc) is 3.04. The van der Waals surface area contributed by atoms with Crippen LogP contribution in [0.2, 0.25) is 0 Å². The minimum Gasteiger partial charge on any atom is -0.311 e. The van der Waals surface area contributed by atoms with Crippen LogP contribution in [0.25, 0.3) is 0 Å². The van der Waals surface area contributed by atoms with Crippen molar-refractivity contribution in [2.75, 3.05) is 0 Å². The summed E-state index contributed by atoms with van der Waals surface area (Å²) in [6.07, 6.45) is 14.0. The second-order valence-corrected chi connectivity index (χ2v) is 9.25. The fourth-order valence-corrected chi connectivity index (χ4v) is 7.53. The van der Waals surface area contributed by atoms with E-state index in [9.17, 15) is 0 Å². The van der Waals surface area contributed by atoms with Gasteiger partial charge in [-0.05, 0) is 99.7 Å². The SMILES string of the molecule is CC(NC1C2CC3CC(C2)CC1C3)C1CC2CCC1C2. The molecule has 6 aliphatic rings. The Morgan fingerprint density at radius 2 is 1.35 bits per heavy atom. The van der Waals surface area contributed by atoms with Crippen molar-refractivity contribution in [2.24, 2.45) is 41.4 Å². The summed E-state index contributed by atoms with van der Waals surface area (Å²) >= 11 is 0. The molecule has 4 atom stereocenters. The molecule has 0 radical (unpaired) electrons. The van der Waals surface area contributed by atoms with E-state index in [0.29, 0.717) is 0 Å². The first-order valence-corrected chi connectivity index (χ1v) is 9.52. The predicted molar refractivity (Wildman–Crippen MR) is 82.4 cm³/mol. The molecule has 1 nitrogen and oxygen atoms in total. The second-order valence-electron chi connectivity index (χ2n) is 9.25. The molecule has 0 aromatic heterocycles. The Morgan fingerprint density at radius 1 is 0.700 bits per heavy atom. The van der Waals surface area contributed by atoms with Crippen LogP contribution in [0, 0.1) is 41.4 Å². The largest absolute Gasteiger partial charge is 0.311 e. The average molecular weight is 273 g/mol. The first-order chi connectivity index (χ1) is 9.76. The van der Waals surface area contributed by atoms with Crippen molar-refractivity contribution in [2.45, 2.75) is 76.8 Å². The summed E-state index contributed by atoms with van der Waals surface area (Å²) in [6, 6.07) is 1.70. The summed E-state index contributed by atoms with van der Waals surface area (Å²) in [5.74, 6) is 7.54. The Bertz CT molecular complexity index is 361. The van der Waals surface area contributed by atoms with Crippen LogP contribution in [0.1, 0.15) is 64.7 Å². The summed E-state index contributed by atoms with van der Waals surface area (Å²) < 4.78 is 0. The van der Waals surface area contributed by atoms with E-state index in [0.717, 1.165) is 53.5 Å². The van der Waals surface area contributed by atoms with Crippen molar-refractivity contribution < 1.29 is 0 Å². The lowest BCUT2D eigenvalue weighted by Gasteiger charge is -2.55. The Hall–Kier alpha value is -0.0400. The Labute approximate surface area is 124 Å². The van der Waals surface area contributed by atoms with Gasteiger partial charge >= 0.3 is 0 Å². The van der Waals surface area contributed by atoms with Gasteiger partial charge in [0.1, 0.15) is 0 Å². The second kappa shape index (κ2) is 4.48. The third kappa shape index (κ3) is 1.84. The topological polar surface area (TPSA) is 12.0 Å². The molecule has 0 aromatic rings. The van der Waals surface area contributed by atoms with E-state index in [1.807, 2.05) is 0 Å². The van der Waals surface area contributed by atoms with Crippen LogP contribution >= 0.6 is 0 Å². The maximum absolute atomic E-state index is 4.19. The van der Waals surface area contributed by atoms with Crippen LogP contribution in [0.4, 0.5) is 0 Å². The monoisotopic (exact) mass is 273 g/mol. The van der Waals surface area contributed by atoms with Crippen molar-refractivity contribution >= 4 is 0 Å². The zero-order chi connectivity index (χ0) is 13.3. The molecule has 6 rings (SSSR count). The van der Waals surface area contributed by atoms with Gasteiger partial charge in [-0.25, -0.2) is 0 Å².